The summed E-state index contributed by atoms with van der Waals surface area (Å²) in [6, 6.07) is -1.64. The SMILES string of the molecule is C=C[C@@H]1O[C@H](C=C)[C@@H]2C(=O)N(CCCCCN(Cc3cn(CCOCCO[C@@H]4OC(C(=O)[O-])[C@@H](O[C@H]5OC(COO[O-])[C@@H](O)[C@H](OO[O-])C5NC(C)=O)[C@H](O)C4O)nn3)C(=O)CCC(=O)[O-])C(=O)[C@@H]21.O=S.O=S. The normalized spacial score (nSPS) is 29.5. The van der Waals surface area contributed by atoms with Crippen LogP contribution >= 0.6 is 0 Å². The van der Waals surface area contributed by atoms with Crippen molar-refractivity contribution in [1.82, 2.24) is 30.1 Å². The molecule has 4 fully saturated rings. The number of carboxylic acids is 2. The minimum absolute atomic E-state index is 0.0152. The molecule has 1 aromatic heterocycles. The van der Waals surface area contributed by atoms with Crippen molar-refractivity contribution in [3.05, 3.63) is 37.2 Å². The van der Waals surface area contributed by atoms with Gasteiger partial charge in [0.1, 0.15) is 61.1 Å². The van der Waals surface area contributed by atoms with Gasteiger partial charge in [-0.3, -0.25) is 34.2 Å². The van der Waals surface area contributed by atoms with Crippen LogP contribution in [-0.4, -0.2) is 197 Å². The van der Waals surface area contributed by atoms with Gasteiger partial charge in [-0.25, -0.2) is 14.5 Å². The number of aliphatic hydroxyl groups is 3. The molecular weight excluding hydrogens is 1030 g/mol. The average molecular weight is 1080 g/mol. The number of carboxylic acid groups (broad SMARTS) is 2. The Hall–Kier alpha value is -4.92. The number of aliphatic hydroxyl groups excluding tert-OH is 3. The lowest BCUT2D eigenvalue weighted by Crippen LogP contribution is -2.69. The molecule has 4 saturated heterocycles. The van der Waals surface area contributed by atoms with Crippen LogP contribution in [0.15, 0.2) is 31.5 Å². The van der Waals surface area contributed by atoms with E-state index in [0.29, 0.717) is 25.0 Å². The molecule has 33 heteroatoms. The number of nitrogens with zero attached hydrogens (tertiary/aromatic N) is 5. The number of aliphatic carboxylic acids is 2. The fourth-order valence-corrected chi connectivity index (χ4v) is 8.33. The van der Waals surface area contributed by atoms with Crippen LogP contribution in [0.2, 0.25) is 0 Å². The molecule has 4 unspecified atom stereocenters. The topological polar surface area (TPSA) is 431 Å². The quantitative estimate of drug-likeness (QED) is 0.0190. The van der Waals surface area contributed by atoms with Gasteiger partial charge in [-0.15, -0.1) is 18.3 Å². The van der Waals surface area contributed by atoms with Crippen LogP contribution in [0.5, 0.6) is 0 Å². The zero-order chi connectivity index (χ0) is 54.4. The zero-order valence-electron chi connectivity index (χ0n) is 38.8. The number of rotatable bonds is 29. The van der Waals surface area contributed by atoms with Crippen molar-refractivity contribution in [2.45, 2.75) is 126 Å². The summed E-state index contributed by atoms with van der Waals surface area (Å²) in [7, 11) is 0. The van der Waals surface area contributed by atoms with Gasteiger partial charge in [0.25, 0.3) is 0 Å². The number of nitrogens with one attached hydrogen (secondary N) is 1. The second-order valence-corrected chi connectivity index (χ2v) is 16.2. The van der Waals surface area contributed by atoms with Gasteiger partial charge in [0.2, 0.25) is 23.6 Å². The van der Waals surface area contributed by atoms with Crippen molar-refractivity contribution in [2.24, 2.45) is 11.8 Å². The molecule has 4 aliphatic rings. The summed E-state index contributed by atoms with van der Waals surface area (Å²) >= 11 is 5.67. The Balaban J connectivity index is 0.00000343. The number of aromatic nitrogens is 3. The Bertz CT molecular complexity index is 1940. The first-order valence-electron chi connectivity index (χ1n) is 22.0. The average Bonchev–Trinajstić information content (AvgIpc) is 4.06. The molecule has 0 radical (unpaired) electrons. The third-order valence-electron chi connectivity index (χ3n) is 11.6. The molecule has 31 nitrogen and oxygen atoms in total. The molecule has 4 aliphatic heterocycles. The van der Waals surface area contributed by atoms with Crippen LogP contribution in [-0.2, 0) is 115 Å². The molecule has 0 bridgehead atoms. The lowest BCUT2D eigenvalue weighted by atomic mass is 9.89. The second-order valence-electron chi connectivity index (χ2n) is 16.2. The van der Waals surface area contributed by atoms with Crippen molar-refractivity contribution in [2.75, 3.05) is 39.5 Å². The van der Waals surface area contributed by atoms with Gasteiger partial charge in [-0.1, -0.05) is 17.4 Å². The van der Waals surface area contributed by atoms with Gasteiger partial charge in [-0.2, -0.15) is 8.42 Å². The number of hydrogen-bond donors (Lipinski definition) is 4. The predicted molar refractivity (Wildman–Crippen MR) is 225 cm³/mol. The minimum atomic E-state index is -2.17. The van der Waals surface area contributed by atoms with E-state index in [1.54, 1.807) is 6.20 Å². The summed E-state index contributed by atoms with van der Waals surface area (Å²) in [5.74, 6) is -6.59. The molecule has 4 N–H and O–H groups in total. The Morgan fingerprint density at radius 3 is 2.11 bits per heavy atom. The van der Waals surface area contributed by atoms with E-state index >= 15 is 0 Å². The number of ether oxygens (including phenoxy) is 6. The van der Waals surface area contributed by atoms with Crippen molar-refractivity contribution < 1.29 is 122 Å². The van der Waals surface area contributed by atoms with Crippen molar-refractivity contribution in [1.29, 1.82) is 0 Å². The zero-order valence-corrected chi connectivity index (χ0v) is 40.4. The van der Waals surface area contributed by atoms with Crippen molar-refractivity contribution in [3.8, 4) is 0 Å². The summed E-state index contributed by atoms with van der Waals surface area (Å²) in [5, 5.41) is 94.1. The highest BCUT2D eigenvalue weighted by atomic mass is 32.1. The fraction of sp³-hybridized carbons (Fsp3) is 0.700. The molecule has 73 heavy (non-hydrogen) atoms. The molecule has 14 atom stereocenters. The molecule has 410 valence electrons. The number of fused-ring (bicyclic) bond motifs is 1. The highest BCUT2D eigenvalue weighted by Gasteiger charge is 2.58. The third-order valence-corrected chi connectivity index (χ3v) is 11.6. The van der Waals surface area contributed by atoms with Crippen LogP contribution in [0.4, 0.5) is 0 Å². The molecule has 0 saturated carbocycles. The maximum absolute atomic E-state index is 13.1. The van der Waals surface area contributed by atoms with Crippen LogP contribution in [0.1, 0.15) is 44.7 Å². The molecule has 1 aromatic rings. The van der Waals surface area contributed by atoms with Gasteiger partial charge in [0.15, 0.2) is 37.6 Å². The molecule has 0 aliphatic carbocycles. The van der Waals surface area contributed by atoms with Crippen LogP contribution < -0.4 is 26.0 Å². The van der Waals surface area contributed by atoms with E-state index in [1.807, 2.05) is 0 Å². The summed E-state index contributed by atoms with van der Waals surface area (Å²) in [5.41, 5.74) is 0.369. The summed E-state index contributed by atoms with van der Waals surface area (Å²) in [6.07, 6.45) is -13.2. The fourth-order valence-electron chi connectivity index (χ4n) is 8.33. The van der Waals surface area contributed by atoms with E-state index in [0.717, 1.165) is 6.92 Å². The van der Waals surface area contributed by atoms with E-state index in [4.69, 9.17) is 36.8 Å². The number of hydrogen-bond acceptors (Lipinski definition) is 29. The number of likely N-dealkylation sites (tertiary alicyclic amines) is 1. The van der Waals surface area contributed by atoms with E-state index in [1.165, 1.54) is 26.6 Å². The highest BCUT2D eigenvalue weighted by molar-refractivity contribution is 7.44. The number of carbonyl (C=O) groups is 6. The number of carbonyl (C=O) groups excluding carboxylic acids is 6. The standard InChI is InChI=1S/C40H58N6O23.2OS/c1-4-22-27-28(23(5-2)63-22)37(55)46(36(27)54)12-8-6-7-11-44(25(48)9-10-26(49)50)17-21-18-45(43-42-21)13-14-60-15-16-61-40-32(53)31(52)34(35(66-40)38(56)57)65-39-29(41-20(3)47)33(67-69-59)30(51)24(64-39)19-62-68-58;2*1-2/h4-5,18,22-24,27-35,39-40,51-53,58-59H,1-2,6-17,19H2,3H3,(H,41,47)(H,49,50)(H,56,57);;/p-4/t22-,23+,24?,27+,28-,29?,30-,31-,32?,33-,34+,35?,39-,40-;;/m1../s1. The van der Waals surface area contributed by atoms with Gasteiger partial charge in [0.05, 0.1) is 69.1 Å². The largest absolute Gasteiger partial charge is 0.692 e. The van der Waals surface area contributed by atoms with E-state index in [9.17, 15) is 64.8 Å². The van der Waals surface area contributed by atoms with Crippen molar-refractivity contribution >= 4 is 60.6 Å². The second kappa shape index (κ2) is 31.7. The maximum atomic E-state index is 13.1. The van der Waals surface area contributed by atoms with Crippen molar-refractivity contribution in [3.63, 3.8) is 0 Å². The Morgan fingerprint density at radius 2 is 1.52 bits per heavy atom. The van der Waals surface area contributed by atoms with Crippen LogP contribution in [0.25, 0.3) is 0 Å². The number of unbranched alkanes of at least 4 members (excludes halogenated alkanes) is 2. The first-order chi connectivity index (χ1) is 35.0. The Kier molecular flexibility index (Phi) is 27.1. The summed E-state index contributed by atoms with van der Waals surface area (Å²) in [6.45, 7) is 7.69. The van der Waals surface area contributed by atoms with Crippen LogP contribution in [0.3, 0.4) is 0 Å². The maximum Gasteiger partial charge on any atom is 0.236 e. The summed E-state index contributed by atoms with van der Waals surface area (Å²) < 4.78 is 50.3. The smallest absolute Gasteiger partial charge is 0.236 e. The minimum Gasteiger partial charge on any atom is -0.692 e. The van der Waals surface area contributed by atoms with Crippen LogP contribution in [0, 0.1) is 11.8 Å². The molecule has 0 spiro atoms. The summed E-state index contributed by atoms with van der Waals surface area (Å²) in [4.78, 5) is 86.0. The molecule has 5 heterocycles. The lowest BCUT2D eigenvalue weighted by Gasteiger charge is -2.48. The van der Waals surface area contributed by atoms with E-state index in [2.05, 4.69) is 73.7 Å². The molecule has 4 amide bonds. The third kappa shape index (κ3) is 17.1. The molecule has 5 rings (SSSR count). The predicted octanol–water partition coefficient (Wildman–Crippen LogP) is -8.60. The monoisotopic (exact) mass is 1080 g/mol. The van der Waals surface area contributed by atoms with Gasteiger partial charge in [-0.05, 0) is 25.7 Å². The van der Waals surface area contributed by atoms with Gasteiger partial charge >= 0.3 is 0 Å². The Morgan fingerprint density at radius 1 is 0.849 bits per heavy atom. The first-order valence-corrected chi connectivity index (χ1v) is 22.7. The van der Waals surface area contributed by atoms with Gasteiger partial charge < -0.3 is 84.3 Å². The molecule has 0 aromatic carbocycles. The van der Waals surface area contributed by atoms with E-state index < -0.39 is 122 Å². The lowest BCUT2D eigenvalue weighted by molar-refractivity contribution is -0.808. The number of amides is 4. The van der Waals surface area contributed by atoms with E-state index in [-0.39, 0.29) is 64.2 Å². The first kappa shape index (κ1) is 62.4. The highest BCUT2D eigenvalue weighted by Crippen LogP contribution is 2.41. The Labute approximate surface area is 425 Å². The van der Waals surface area contributed by atoms with Gasteiger partial charge in [0, 0.05) is 32.4 Å². The number of imide groups is 1. The molecular formula is C40H54N6O25S2-4.